The van der Waals surface area contributed by atoms with Crippen LogP contribution in [0.3, 0.4) is 0 Å². The standard InChI is InChI=1S/C30H25Br2N2O7P/c31-23-11-13-25(27(15-23)38-17-21-7-3-1-4-8-21)29(35)33-19-40-42(37)41-20-34-30(36)26-14-12-24(32)16-28(26)39-18-22-9-5-2-6-10-22/h1-16H,17-20H2,(H-,33,34,35,36)/p+1. The van der Waals surface area contributed by atoms with Gasteiger partial charge >= 0.3 is 8.25 Å². The maximum absolute atomic E-state index is 12.7. The Balaban J connectivity index is 1.22. The van der Waals surface area contributed by atoms with Crippen molar-refractivity contribution in [2.45, 2.75) is 13.2 Å². The van der Waals surface area contributed by atoms with Gasteiger partial charge in [0.05, 0.1) is 11.1 Å². The highest BCUT2D eigenvalue weighted by atomic mass is 79.9. The Morgan fingerprint density at radius 2 is 1.02 bits per heavy atom. The largest absolute Gasteiger partial charge is 0.701 e. The molecular weight excluding hydrogens is 691 g/mol. The molecule has 0 aromatic heterocycles. The van der Waals surface area contributed by atoms with E-state index in [1.54, 1.807) is 36.4 Å². The minimum Gasteiger partial charge on any atom is -0.488 e. The number of benzene rings is 4. The Morgan fingerprint density at radius 3 is 1.43 bits per heavy atom. The van der Waals surface area contributed by atoms with Gasteiger partial charge < -0.3 is 20.1 Å². The van der Waals surface area contributed by atoms with E-state index in [-0.39, 0.29) is 37.8 Å². The van der Waals surface area contributed by atoms with Crippen molar-refractivity contribution in [2.75, 3.05) is 13.5 Å². The minimum absolute atomic E-state index is 0.278. The summed E-state index contributed by atoms with van der Waals surface area (Å²) in [4.78, 5) is 25.5. The van der Waals surface area contributed by atoms with Crippen molar-refractivity contribution >= 4 is 51.9 Å². The number of halogens is 2. The van der Waals surface area contributed by atoms with Crippen LogP contribution in [0, 0.1) is 0 Å². The van der Waals surface area contributed by atoms with Crippen molar-refractivity contribution in [2.24, 2.45) is 0 Å². The summed E-state index contributed by atoms with van der Waals surface area (Å²) in [7, 11) is -2.64. The van der Waals surface area contributed by atoms with Crippen LogP contribution in [0.5, 0.6) is 11.5 Å². The number of nitrogens with one attached hydrogen (secondary N) is 2. The van der Waals surface area contributed by atoms with Gasteiger partial charge in [-0.15, -0.1) is 0 Å². The molecule has 2 amide bonds. The second-order valence-electron chi connectivity index (χ2n) is 8.61. The first kappa shape index (κ1) is 31.3. The summed E-state index contributed by atoms with van der Waals surface area (Å²) in [6, 6.07) is 29.1. The number of hydrogen-bond donors (Lipinski definition) is 2. The molecule has 0 aliphatic carbocycles. The van der Waals surface area contributed by atoms with Crippen LogP contribution < -0.4 is 20.1 Å². The van der Waals surface area contributed by atoms with Gasteiger partial charge in [0.1, 0.15) is 24.7 Å². The number of amides is 2. The van der Waals surface area contributed by atoms with Crippen molar-refractivity contribution in [1.29, 1.82) is 0 Å². The number of carbonyl (C=O) groups excluding carboxylic acids is 2. The van der Waals surface area contributed by atoms with E-state index < -0.39 is 20.1 Å². The van der Waals surface area contributed by atoms with E-state index in [9.17, 15) is 14.2 Å². The molecule has 4 rings (SSSR count). The SMILES string of the molecule is O=C(NCO[P+](=O)OCNC(=O)c1ccc(Br)cc1OCc1ccccc1)c1ccc(Br)cc1OCc1ccccc1. The van der Waals surface area contributed by atoms with Crippen LogP contribution in [-0.4, -0.2) is 25.3 Å². The molecule has 0 bridgehead atoms. The zero-order chi connectivity index (χ0) is 29.7. The Morgan fingerprint density at radius 1 is 0.619 bits per heavy atom. The Bertz CT molecular complexity index is 1410. The quantitative estimate of drug-likeness (QED) is 0.105. The van der Waals surface area contributed by atoms with E-state index in [4.69, 9.17) is 18.5 Å². The number of rotatable bonds is 14. The van der Waals surface area contributed by atoms with Crippen molar-refractivity contribution in [3.63, 3.8) is 0 Å². The van der Waals surface area contributed by atoms with E-state index in [0.717, 1.165) is 20.1 Å². The molecule has 9 nitrogen and oxygen atoms in total. The molecule has 0 spiro atoms. The molecule has 2 N–H and O–H groups in total. The Hall–Kier alpha value is -3.60. The summed E-state index contributed by atoms with van der Waals surface area (Å²) in [5, 5.41) is 5.05. The summed E-state index contributed by atoms with van der Waals surface area (Å²) >= 11 is 6.77. The van der Waals surface area contributed by atoms with Gasteiger partial charge in [0.15, 0.2) is 13.5 Å². The highest BCUT2D eigenvalue weighted by Crippen LogP contribution is 2.27. The van der Waals surface area contributed by atoms with Gasteiger partial charge in [0, 0.05) is 13.5 Å². The molecule has 0 unspecified atom stereocenters. The average Bonchev–Trinajstić information content (AvgIpc) is 3.00. The average molecular weight is 717 g/mol. The topological polar surface area (TPSA) is 112 Å². The Kier molecular flexibility index (Phi) is 12.0. The van der Waals surface area contributed by atoms with Gasteiger partial charge in [-0.3, -0.25) is 9.59 Å². The van der Waals surface area contributed by atoms with Crippen LogP contribution in [-0.2, 0) is 26.8 Å². The molecular formula is C30H26Br2N2O7P+. The third-order valence-electron chi connectivity index (χ3n) is 5.66. The molecule has 12 heteroatoms. The van der Waals surface area contributed by atoms with Gasteiger partial charge in [-0.05, 0) is 47.5 Å². The van der Waals surface area contributed by atoms with E-state index in [2.05, 4.69) is 42.5 Å². The number of ether oxygens (including phenoxy) is 2. The normalized spacial score (nSPS) is 10.5. The molecule has 4 aromatic rings. The molecule has 216 valence electrons. The third-order valence-corrected chi connectivity index (χ3v) is 7.32. The van der Waals surface area contributed by atoms with Gasteiger partial charge in [-0.1, -0.05) is 102 Å². The van der Waals surface area contributed by atoms with Gasteiger partial charge in [-0.25, -0.2) is 0 Å². The maximum Gasteiger partial charge on any atom is 0.701 e. The van der Waals surface area contributed by atoms with E-state index in [0.29, 0.717) is 11.5 Å². The predicted octanol–water partition coefficient (Wildman–Crippen LogP) is 7.14. The van der Waals surface area contributed by atoms with Crippen LogP contribution in [0.15, 0.2) is 106 Å². The van der Waals surface area contributed by atoms with E-state index in [1.165, 1.54) is 0 Å². The molecule has 0 radical (unpaired) electrons. The summed E-state index contributed by atoms with van der Waals surface area (Å²) < 4.78 is 35.5. The van der Waals surface area contributed by atoms with Crippen molar-refractivity contribution < 1.29 is 32.7 Å². The second kappa shape index (κ2) is 16.1. The molecule has 0 fully saturated rings. The molecule has 0 saturated heterocycles. The Labute approximate surface area is 260 Å². The van der Waals surface area contributed by atoms with Gasteiger partial charge in [0.2, 0.25) is 0 Å². The van der Waals surface area contributed by atoms with Gasteiger partial charge in [-0.2, -0.15) is 0 Å². The second-order valence-corrected chi connectivity index (χ2v) is 11.4. The summed E-state index contributed by atoms with van der Waals surface area (Å²) in [6.45, 7) is -0.221. The van der Waals surface area contributed by atoms with E-state index >= 15 is 0 Å². The fourth-order valence-corrected chi connectivity index (χ4v) is 4.70. The maximum atomic E-state index is 12.7. The fourth-order valence-electron chi connectivity index (χ4n) is 3.61. The lowest BCUT2D eigenvalue weighted by molar-refractivity contribution is 0.0898. The zero-order valence-electron chi connectivity index (χ0n) is 22.1. The first-order valence-corrected chi connectivity index (χ1v) is 15.3. The lowest BCUT2D eigenvalue weighted by atomic mass is 10.2. The minimum atomic E-state index is -2.64. The van der Waals surface area contributed by atoms with Crippen molar-refractivity contribution in [3.05, 3.63) is 128 Å². The molecule has 42 heavy (non-hydrogen) atoms. The highest BCUT2D eigenvalue weighted by molar-refractivity contribution is 9.10. The summed E-state index contributed by atoms with van der Waals surface area (Å²) in [5.74, 6) is -0.232. The first-order chi connectivity index (χ1) is 20.4. The predicted molar refractivity (Wildman–Crippen MR) is 164 cm³/mol. The molecule has 0 saturated carbocycles. The van der Waals surface area contributed by atoms with Crippen molar-refractivity contribution in [3.8, 4) is 11.5 Å². The lowest BCUT2D eigenvalue weighted by Gasteiger charge is -2.12. The van der Waals surface area contributed by atoms with Crippen LogP contribution in [0.25, 0.3) is 0 Å². The molecule has 0 aliphatic rings. The molecule has 0 atom stereocenters. The number of carbonyl (C=O) groups is 2. The van der Waals surface area contributed by atoms with Crippen LogP contribution >= 0.6 is 40.1 Å². The van der Waals surface area contributed by atoms with E-state index in [1.807, 2.05) is 60.7 Å². The highest BCUT2D eigenvalue weighted by Gasteiger charge is 2.23. The van der Waals surface area contributed by atoms with Crippen LogP contribution in [0.2, 0.25) is 0 Å². The lowest BCUT2D eigenvalue weighted by Crippen LogP contribution is -2.27. The monoisotopic (exact) mass is 715 g/mol. The zero-order valence-corrected chi connectivity index (χ0v) is 26.2. The number of hydrogen-bond acceptors (Lipinski definition) is 7. The van der Waals surface area contributed by atoms with Crippen LogP contribution in [0.1, 0.15) is 31.8 Å². The van der Waals surface area contributed by atoms with Crippen LogP contribution in [0.4, 0.5) is 0 Å². The fraction of sp³-hybridized carbons (Fsp3) is 0.133. The van der Waals surface area contributed by atoms with Crippen molar-refractivity contribution in [1.82, 2.24) is 10.6 Å². The molecule has 4 aromatic carbocycles. The first-order valence-electron chi connectivity index (χ1n) is 12.6. The summed E-state index contributed by atoms with van der Waals surface area (Å²) in [5.41, 5.74) is 2.45. The molecule has 0 heterocycles. The third kappa shape index (κ3) is 9.75. The summed E-state index contributed by atoms with van der Waals surface area (Å²) in [6.07, 6.45) is 0. The smallest absolute Gasteiger partial charge is 0.488 e. The molecule has 0 aliphatic heterocycles. The van der Waals surface area contributed by atoms with Gasteiger partial charge in [0.25, 0.3) is 11.8 Å².